The number of nitrogens with one attached hydrogen (secondary N) is 1. The molecule has 20 heavy (non-hydrogen) atoms. The zero-order valence-corrected chi connectivity index (χ0v) is 12.9. The molecule has 0 spiro atoms. The summed E-state index contributed by atoms with van der Waals surface area (Å²) >= 11 is 0. The molecule has 114 valence electrons. The number of hydrogen-bond donors (Lipinski definition) is 1. The van der Waals surface area contributed by atoms with Crippen LogP contribution in [0.2, 0.25) is 0 Å². The SMILES string of the molecule is CCCCOCCOc1c(CNC)cccc1OCC. The summed E-state index contributed by atoms with van der Waals surface area (Å²) in [4.78, 5) is 0. The van der Waals surface area contributed by atoms with Gasteiger partial charge in [-0.15, -0.1) is 0 Å². The minimum absolute atomic E-state index is 0.546. The molecule has 4 nitrogen and oxygen atoms in total. The lowest BCUT2D eigenvalue weighted by Crippen LogP contribution is -2.12. The van der Waals surface area contributed by atoms with Gasteiger partial charge < -0.3 is 19.5 Å². The molecule has 1 aromatic rings. The second kappa shape index (κ2) is 10.5. The van der Waals surface area contributed by atoms with Gasteiger partial charge in [0.05, 0.1) is 13.2 Å². The van der Waals surface area contributed by atoms with Crippen LogP contribution < -0.4 is 14.8 Å². The van der Waals surface area contributed by atoms with E-state index in [1.165, 1.54) is 0 Å². The molecule has 0 bridgehead atoms. The van der Waals surface area contributed by atoms with Crippen molar-refractivity contribution in [2.45, 2.75) is 33.2 Å². The summed E-state index contributed by atoms with van der Waals surface area (Å²) in [6, 6.07) is 5.98. The number of ether oxygens (including phenoxy) is 3. The van der Waals surface area contributed by atoms with E-state index in [9.17, 15) is 0 Å². The maximum absolute atomic E-state index is 5.86. The van der Waals surface area contributed by atoms with E-state index in [2.05, 4.69) is 12.2 Å². The summed E-state index contributed by atoms with van der Waals surface area (Å²) < 4.78 is 17.0. The lowest BCUT2D eigenvalue weighted by Gasteiger charge is -2.16. The summed E-state index contributed by atoms with van der Waals surface area (Å²) in [6.07, 6.45) is 2.25. The molecule has 0 amide bonds. The van der Waals surface area contributed by atoms with Gasteiger partial charge in [0.15, 0.2) is 11.5 Å². The van der Waals surface area contributed by atoms with Gasteiger partial charge in [-0.2, -0.15) is 0 Å². The Morgan fingerprint density at radius 3 is 2.60 bits per heavy atom. The normalized spacial score (nSPS) is 10.6. The summed E-state index contributed by atoms with van der Waals surface area (Å²) in [5.74, 6) is 1.62. The predicted octanol–water partition coefficient (Wildman–Crippen LogP) is 3.00. The highest BCUT2D eigenvalue weighted by Gasteiger charge is 2.10. The van der Waals surface area contributed by atoms with Crippen LogP contribution in [0.5, 0.6) is 11.5 Å². The molecule has 0 aliphatic carbocycles. The molecule has 0 fully saturated rings. The Hall–Kier alpha value is -1.26. The number of benzene rings is 1. The van der Waals surface area contributed by atoms with Crippen molar-refractivity contribution in [1.82, 2.24) is 5.32 Å². The summed E-state index contributed by atoms with van der Waals surface area (Å²) in [6.45, 7) is 7.48. The van der Waals surface area contributed by atoms with Gasteiger partial charge in [-0.05, 0) is 26.5 Å². The molecule has 0 saturated heterocycles. The molecule has 0 unspecified atom stereocenters. The third kappa shape index (κ3) is 5.80. The van der Waals surface area contributed by atoms with Crippen LogP contribution in [0.3, 0.4) is 0 Å². The van der Waals surface area contributed by atoms with Crippen LogP contribution >= 0.6 is 0 Å². The average Bonchev–Trinajstić information content (AvgIpc) is 2.45. The Morgan fingerprint density at radius 1 is 1.05 bits per heavy atom. The van der Waals surface area contributed by atoms with Crippen molar-refractivity contribution in [3.63, 3.8) is 0 Å². The Labute approximate surface area is 122 Å². The first-order chi connectivity index (χ1) is 9.83. The fourth-order valence-electron chi connectivity index (χ4n) is 1.88. The molecule has 0 saturated carbocycles. The fourth-order valence-corrected chi connectivity index (χ4v) is 1.88. The van der Waals surface area contributed by atoms with Crippen LogP contribution in [0.25, 0.3) is 0 Å². The monoisotopic (exact) mass is 281 g/mol. The van der Waals surface area contributed by atoms with Crippen LogP contribution in [0.1, 0.15) is 32.3 Å². The van der Waals surface area contributed by atoms with Gasteiger partial charge >= 0.3 is 0 Å². The van der Waals surface area contributed by atoms with E-state index in [4.69, 9.17) is 14.2 Å². The van der Waals surface area contributed by atoms with E-state index in [0.717, 1.165) is 43.1 Å². The Bertz CT molecular complexity index is 344. The second-order valence-electron chi connectivity index (χ2n) is 4.52. The molecule has 0 aromatic heterocycles. The van der Waals surface area contributed by atoms with Gasteiger partial charge in [-0.3, -0.25) is 0 Å². The van der Waals surface area contributed by atoms with Crippen molar-refractivity contribution < 1.29 is 14.2 Å². The molecular formula is C16H27NO3. The Balaban J connectivity index is 2.55. The highest BCUT2D eigenvalue weighted by molar-refractivity contribution is 5.46. The van der Waals surface area contributed by atoms with Crippen molar-refractivity contribution in [2.24, 2.45) is 0 Å². The lowest BCUT2D eigenvalue weighted by molar-refractivity contribution is 0.0963. The molecule has 0 atom stereocenters. The predicted molar refractivity (Wildman–Crippen MR) is 81.6 cm³/mol. The molecule has 0 aliphatic rings. The maximum Gasteiger partial charge on any atom is 0.165 e. The summed E-state index contributed by atoms with van der Waals surface area (Å²) in [5.41, 5.74) is 1.10. The van der Waals surface area contributed by atoms with Gasteiger partial charge in [0, 0.05) is 18.7 Å². The third-order valence-corrected chi connectivity index (χ3v) is 2.84. The molecule has 0 radical (unpaired) electrons. The third-order valence-electron chi connectivity index (χ3n) is 2.84. The van der Waals surface area contributed by atoms with Gasteiger partial charge in [0.2, 0.25) is 0 Å². The first kappa shape index (κ1) is 16.8. The molecule has 1 aromatic carbocycles. The van der Waals surface area contributed by atoms with Crippen LogP contribution in [-0.4, -0.2) is 33.5 Å². The highest BCUT2D eigenvalue weighted by atomic mass is 16.5. The zero-order valence-electron chi connectivity index (χ0n) is 12.9. The van der Waals surface area contributed by atoms with Crippen LogP contribution in [0.15, 0.2) is 18.2 Å². The van der Waals surface area contributed by atoms with Crippen LogP contribution in [0, 0.1) is 0 Å². The Morgan fingerprint density at radius 2 is 1.90 bits per heavy atom. The summed E-state index contributed by atoms with van der Waals surface area (Å²) in [5, 5.41) is 3.15. The van der Waals surface area contributed by atoms with Crippen LogP contribution in [0.4, 0.5) is 0 Å². The molecule has 0 aliphatic heterocycles. The molecule has 4 heteroatoms. The lowest BCUT2D eigenvalue weighted by atomic mass is 10.2. The standard InChI is InChI=1S/C16H27NO3/c1-4-6-10-18-11-12-20-16-14(13-17-3)8-7-9-15(16)19-5-2/h7-9,17H,4-6,10-13H2,1-3H3. The van der Waals surface area contributed by atoms with Gasteiger partial charge in [0.25, 0.3) is 0 Å². The van der Waals surface area contributed by atoms with Crippen molar-refractivity contribution >= 4 is 0 Å². The van der Waals surface area contributed by atoms with E-state index in [0.29, 0.717) is 19.8 Å². The van der Waals surface area contributed by atoms with Crippen molar-refractivity contribution in [3.8, 4) is 11.5 Å². The van der Waals surface area contributed by atoms with Crippen molar-refractivity contribution in [1.29, 1.82) is 0 Å². The van der Waals surface area contributed by atoms with Crippen molar-refractivity contribution in [2.75, 3.05) is 33.5 Å². The largest absolute Gasteiger partial charge is 0.490 e. The van der Waals surface area contributed by atoms with E-state index in [1.54, 1.807) is 0 Å². The zero-order chi connectivity index (χ0) is 14.6. The van der Waals surface area contributed by atoms with E-state index >= 15 is 0 Å². The number of unbranched alkanes of at least 4 members (excludes halogenated alkanes) is 1. The molecular weight excluding hydrogens is 254 g/mol. The van der Waals surface area contributed by atoms with Gasteiger partial charge in [-0.25, -0.2) is 0 Å². The van der Waals surface area contributed by atoms with Gasteiger partial charge in [0.1, 0.15) is 6.61 Å². The fraction of sp³-hybridized carbons (Fsp3) is 0.625. The molecule has 1 N–H and O–H groups in total. The minimum Gasteiger partial charge on any atom is -0.490 e. The second-order valence-corrected chi connectivity index (χ2v) is 4.52. The number of hydrogen-bond acceptors (Lipinski definition) is 4. The highest BCUT2D eigenvalue weighted by Crippen LogP contribution is 2.31. The first-order valence-electron chi connectivity index (χ1n) is 7.43. The minimum atomic E-state index is 0.546. The van der Waals surface area contributed by atoms with E-state index < -0.39 is 0 Å². The quantitative estimate of drug-likeness (QED) is 0.633. The van der Waals surface area contributed by atoms with Gasteiger partial charge in [-0.1, -0.05) is 25.5 Å². The molecule has 0 heterocycles. The summed E-state index contributed by atoms with van der Waals surface area (Å²) in [7, 11) is 1.92. The van der Waals surface area contributed by atoms with Crippen LogP contribution in [-0.2, 0) is 11.3 Å². The van der Waals surface area contributed by atoms with Crippen molar-refractivity contribution in [3.05, 3.63) is 23.8 Å². The Kier molecular flexibility index (Phi) is 8.83. The molecule has 1 rings (SSSR count). The number of para-hydroxylation sites is 1. The van der Waals surface area contributed by atoms with E-state index in [1.807, 2.05) is 32.2 Å². The number of rotatable bonds is 11. The maximum atomic E-state index is 5.86. The average molecular weight is 281 g/mol. The van der Waals surface area contributed by atoms with E-state index in [-0.39, 0.29) is 0 Å². The smallest absolute Gasteiger partial charge is 0.165 e. The first-order valence-corrected chi connectivity index (χ1v) is 7.43. The topological polar surface area (TPSA) is 39.7 Å².